The van der Waals surface area contributed by atoms with E-state index in [9.17, 15) is 4.79 Å². The van der Waals surface area contributed by atoms with Crippen LogP contribution in [0, 0.1) is 6.92 Å². The van der Waals surface area contributed by atoms with E-state index in [0.717, 1.165) is 33.3 Å². The number of hydrogen-bond donors (Lipinski definition) is 1. The van der Waals surface area contributed by atoms with Crippen molar-refractivity contribution in [1.29, 1.82) is 0 Å². The number of rotatable bonds is 7. The van der Waals surface area contributed by atoms with Gasteiger partial charge in [0, 0.05) is 37.4 Å². The van der Waals surface area contributed by atoms with E-state index in [4.69, 9.17) is 4.98 Å². The van der Waals surface area contributed by atoms with E-state index in [-0.39, 0.29) is 12.5 Å². The molecule has 0 aliphatic rings. The third kappa shape index (κ3) is 5.06. The summed E-state index contributed by atoms with van der Waals surface area (Å²) in [5, 5.41) is 3.79. The summed E-state index contributed by atoms with van der Waals surface area (Å²) < 4.78 is 1.94. The van der Waals surface area contributed by atoms with Crippen LogP contribution >= 0.6 is 11.8 Å². The number of anilines is 2. The molecule has 1 amide bonds. The first-order chi connectivity index (χ1) is 15.0. The van der Waals surface area contributed by atoms with E-state index >= 15 is 0 Å². The van der Waals surface area contributed by atoms with Crippen molar-refractivity contribution in [3.63, 3.8) is 0 Å². The summed E-state index contributed by atoms with van der Waals surface area (Å²) in [6.07, 6.45) is 3.49. The van der Waals surface area contributed by atoms with Gasteiger partial charge >= 0.3 is 0 Å². The van der Waals surface area contributed by atoms with E-state index in [2.05, 4.69) is 41.5 Å². The van der Waals surface area contributed by atoms with Crippen LogP contribution in [0.3, 0.4) is 0 Å². The number of thioether (sulfide) groups is 1. The number of nitrogens with zero attached hydrogens (tertiary/aromatic N) is 4. The lowest BCUT2D eigenvalue weighted by Gasteiger charge is -2.13. The van der Waals surface area contributed by atoms with E-state index < -0.39 is 0 Å². The summed E-state index contributed by atoms with van der Waals surface area (Å²) in [6.45, 7) is 2.26. The molecule has 2 heterocycles. The topological polar surface area (TPSA) is 63.1 Å². The lowest BCUT2D eigenvalue weighted by molar-refractivity contribution is -0.116. The summed E-state index contributed by atoms with van der Waals surface area (Å²) in [5.41, 5.74) is 6.01. The zero-order valence-corrected chi connectivity index (χ0v) is 18.7. The van der Waals surface area contributed by atoms with Crippen LogP contribution in [0.2, 0.25) is 0 Å². The zero-order valence-electron chi connectivity index (χ0n) is 17.9. The highest BCUT2D eigenvalue weighted by atomic mass is 32.2. The molecule has 6 nitrogen and oxygen atoms in total. The highest BCUT2D eigenvalue weighted by molar-refractivity contribution is 7.98. The Morgan fingerprint density at radius 2 is 1.94 bits per heavy atom. The maximum atomic E-state index is 12.8. The minimum absolute atomic E-state index is 0.0989. The number of nitrogens with one attached hydrogen (secondary N) is 1. The summed E-state index contributed by atoms with van der Waals surface area (Å²) in [5.74, 6) is 0.685. The second kappa shape index (κ2) is 9.22. The monoisotopic (exact) mass is 431 g/mol. The quantitative estimate of drug-likeness (QED) is 0.428. The first-order valence-corrected chi connectivity index (χ1v) is 11.0. The molecule has 2 aromatic heterocycles. The Balaban J connectivity index is 1.52. The van der Waals surface area contributed by atoms with Crippen molar-refractivity contribution in [2.45, 2.75) is 24.4 Å². The predicted octanol–water partition coefficient (Wildman–Crippen LogP) is 4.74. The molecule has 0 fully saturated rings. The molecule has 0 saturated carbocycles. The lowest BCUT2D eigenvalue weighted by atomic mass is 10.2. The van der Waals surface area contributed by atoms with Gasteiger partial charge in [-0.05, 0) is 42.8 Å². The molecule has 0 radical (unpaired) electrons. The number of amides is 1. The maximum Gasteiger partial charge on any atom is 0.244 e. The van der Waals surface area contributed by atoms with Crippen molar-refractivity contribution in [1.82, 2.24) is 14.5 Å². The van der Waals surface area contributed by atoms with Gasteiger partial charge in [-0.1, -0.05) is 41.6 Å². The Hall–Kier alpha value is -3.32. The van der Waals surface area contributed by atoms with Crippen LogP contribution in [0.25, 0.3) is 11.0 Å². The fourth-order valence-electron chi connectivity index (χ4n) is 3.35. The van der Waals surface area contributed by atoms with Crippen LogP contribution in [-0.4, -0.2) is 34.5 Å². The second-order valence-corrected chi connectivity index (χ2v) is 8.55. The normalized spacial score (nSPS) is 10.9. The smallest absolute Gasteiger partial charge is 0.244 e. The van der Waals surface area contributed by atoms with Crippen LogP contribution in [0.5, 0.6) is 0 Å². The van der Waals surface area contributed by atoms with Gasteiger partial charge in [-0.25, -0.2) is 4.98 Å². The van der Waals surface area contributed by atoms with Gasteiger partial charge in [-0.2, -0.15) is 0 Å². The first-order valence-electron chi connectivity index (χ1n) is 10.1. The van der Waals surface area contributed by atoms with E-state index in [0.29, 0.717) is 0 Å². The van der Waals surface area contributed by atoms with E-state index in [1.165, 1.54) is 11.1 Å². The molecule has 1 N–H and O–H groups in total. The lowest BCUT2D eigenvalue weighted by Crippen LogP contribution is -2.19. The van der Waals surface area contributed by atoms with Gasteiger partial charge < -0.3 is 14.8 Å². The molecular weight excluding hydrogens is 406 g/mol. The fraction of sp³-hybridized carbons (Fsp3) is 0.208. The van der Waals surface area contributed by atoms with Crippen molar-refractivity contribution in [2.24, 2.45) is 0 Å². The Labute approximate surface area is 186 Å². The maximum absolute atomic E-state index is 12.8. The number of hydrogen-bond acceptors (Lipinski definition) is 5. The van der Waals surface area contributed by atoms with Crippen LogP contribution in [0.1, 0.15) is 11.1 Å². The number of fused-ring (bicyclic) bond motifs is 1. The van der Waals surface area contributed by atoms with Gasteiger partial charge in [0.05, 0.1) is 17.2 Å². The Kier molecular flexibility index (Phi) is 6.23. The number of pyridine rings is 1. The average Bonchev–Trinajstić information content (AvgIpc) is 3.10. The minimum atomic E-state index is -0.0989. The summed E-state index contributed by atoms with van der Waals surface area (Å²) in [7, 11) is 3.98. The largest absolute Gasteiger partial charge is 0.378 e. The molecule has 0 unspecified atom stereocenters. The standard InChI is InChI=1S/C24H25N5OS/c1-17-5-4-6-18(13-17)16-31-24-27-21-11-12-25-14-22(21)29(24)15-23(30)26-19-7-9-20(10-8-19)28(2)3/h4-14H,15-16H2,1-3H3,(H,26,30). The highest BCUT2D eigenvalue weighted by Crippen LogP contribution is 2.27. The van der Waals surface area contributed by atoms with Crippen LogP contribution in [0.15, 0.2) is 72.1 Å². The molecule has 0 saturated heterocycles. The number of carbonyl (C=O) groups is 1. The molecule has 158 valence electrons. The van der Waals surface area contributed by atoms with Gasteiger partial charge in [-0.3, -0.25) is 9.78 Å². The molecule has 7 heteroatoms. The third-order valence-electron chi connectivity index (χ3n) is 4.94. The Morgan fingerprint density at radius 1 is 1.13 bits per heavy atom. The Bertz CT molecular complexity index is 1200. The highest BCUT2D eigenvalue weighted by Gasteiger charge is 2.15. The van der Waals surface area contributed by atoms with Crippen molar-refractivity contribution in [3.8, 4) is 0 Å². The van der Waals surface area contributed by atoms with Crippen molar-refractivity contribution in [2.75, 3.05) is 24.3 Å². The molecular formula is C24H25N5OS. The van der Waals surface area contributed by atoms with E-state index in [1.54, 1.807) is 24.2 Å². The van der Waals surface area contributed by atoms with Gasteiger partial charge in [0.25, 0.3) is 0 Å². The predicted molar refractivity (Wildman–Crippen MR) is 128 cm³/mol. The fourth-order valence-corrected chi connectivity index (χ4v) is 4.30. The molecule has 0 bridgehead atoms. The zero-order chi connectivity index (χ0) is 21.8. The third-order valence-corrected chi connectivity index (χ3v) is 5.98. The molecule has 4 rings (SSSR count). The van der Waals surface area contributed by atoms with Gasteiger partial charge in [0.1, 0.15) is 6.54 Å². The summed E-state index contributed by atoms with van der Waals surface area (Å²) in [6, 6.07) is 18.1. The summed E-state index contributed by atoms with van der Waals surface area (Å²) in [4.78, 5) is 23.8. The van der Waals surface area contributed by atoms with Gasteiger partial charge in [0.15, 0.2) is 5.16 Å². The average molecular weight is 432 g/mol. The van der Waals surface area contributed by atoms with Crippen LogP contribution < -0.4 is 10.2 Å². The van der Waals surface area contributed by atoms with Crippen LogP contribution in [0.4, 0.5) is 11.4 Å². The number of carbonyl (C=O) groups excluding carboxylic acids is 1. The number of aromatic nitrogens is 3. The SMILES string of the molecule is Cc1cccc(CSc2nc3ccncc3n2CC(=O)Nc2ccc(N(C)C)cc2)c1. The number of imidazole rings is 1. The molecule has 0 atom stereocenters. The van der Waals surface area contributed by atoms with Crippen molar-refractivity contribution >= 4 is 40.1 Å². The number of aryl methyl sites for hydroxylation is 1. The minimum Gasteiger partial charge on any atom is -0.378 e. The summed E-state index contributed by atoms with van der Waals surface area (Å²) >= 11 is 1.63. The van der Waals surface area contributed by atoms with Crippen molar-refractivity contribution in [3.05, 3.63) is 78.1 Å². The molecule has 0 aliphatic carbocycles. The molecule has 0 spiro atoms. The second-order valence-electron chi connectivity index (χ2n) is 7.61. The molecule has 31 heavy (non-hydrogen) atoms. The molecule has 2 aromatic carbocycles. The molecule has 0 aliphatic heterocycles. The number of benzene rings is 2. The van der Waals surface area contributed by atoms with Gasteiger partial charge in [-0.15, -0.1) is 0 Å². The Morgan fingerprint density at radius 3 is 2.68 bits per heavy atom. The molecule has 4 aromatic rings. The van der Waals surface area contributed by atoms with Crippen LogP contribution in [-0.2, 0) is 17.1 Å². The van der Waals surface area contributed by atoms with Crippen molar-refractivity contribution < 1.29 is 4.79 Å². The van der Waals surface area contributed by atoms with E-state index in [1.807, 2.05) is 53.9 Å². The van der Waals surface area contributed by atoms with Gasteiger partial charge in [0.2, 0.25) is 5.91 Å². The first kappa shape index (κ1) is 20.9.